The first kappa shape index (κ1) is 21.5. The molecule has 3 rings (SSSR count). The van der Waals surface area contributed by atoms with E-state index in [0.717, 1.165) is 15.3 Å². The van der Waals surface area contributed by atoms with Crippen molar-refractivity contribution in [1.29, 1.82) is 0 Å². The van der Waals surface area contributed by atoms with Crippen LogP contribution < -0.4 is 10.6 Å². The van der Waals surface area contributed by atoms with Gasteiger partial charge in [0, 0.05) is 27.5 Å². The van der Waals surface area contributed by atoms with Crippen molar-refractivity contribution in [2.24, 2.45) is 0 Å². The van der Waals surface area contributed by atoms with Gasteiger partial charge in [0.2, 0.25) is 5.91 Å². The average Bonchev–Trinajstić information content (AvgIpc) is 3.22. The van der Waals surface area contributed by atoms with Crippen molar-refractivity contribution in [3.8, 4) is 0 Å². The largest absolute Gasteiger partial charge is 0.325 e. The van der Waals surface area contributed by atoms with Gasteiger partial charge in [0.25, 0.3) is 5.91 Å². The molecule has 1 aromatic heterocycles. The Hall–Kier alpha value is -2.16. The van der Waals surface area contributed by atoms with Crippen molar-refractivity contribution in [1.82, 2.24) is 15.2 Å². The van der Waals surface area contributed by atoms with Crippen LogP contribution in [0.1, 0.15) is 37.1 Å². The number of imide groups is 1. The van der Waals surface area contributed by atoms with Crippen molar-refractivity contribution in [3.63, 3.8) is 0 Å². The molecule has 2 heterocycles. The highest BCUT2D eigenvalue weighted by Gasteiger charge is 2.49. The van der Waals surface area contributed by atoms with Crippen LogP contribution >= 0.6 is 34.5 Å². The number of nitrogens with zero attached hydrogens (tertiary/aromatic N) is 2. The number of hydrogen-bond acceptors (Lipinski definition) is 5. The summed E-state index contributed by atoms with van der Waals surface area (Å²) in [6, 6.07) is 4.68. The highest BCUT2D eigenvalue weighted by Crippen LogP contribution is 2.28. The first-order valence-corrected chi connectivity index (χ1v) is 10.7. The Morgan fingerprint density at radius 1 is 1.28 bits per heavy atom. The first-order valence-electron chi connectivity index (χ1n) is 9.10. The summed E-state index contributed by atoms with van der Waals surface area (Å²) in [5, 5.41) is 6.91. The van der Waals surface area contributed by atoms with E-state index in [1.165, 1.54) is 11.3 Å². The predicted octanol–water partition coefficient (Wildman–Crippen LogP) is 4.09. The zero-order chi connectivity index (χ0) is 21.2. The standard InChI is InChI=1S/C19H20Cl2N4O3S/c1-3-19(4-2)16(27)25(18(28)24-19)10-15(26)23-17-22-9-13(29-17)8-11-7-12(20)5-6-14(11)21/h5-7,9H,3-4,8,10H2,1-2H3,(H,24,28)(H,22,23,26). The lowest BCUT2D eigenvalue weighted by Gasteiger charge is -2.22. The maximum atomic E-state index is 12.6. The number of benzene rings is 1. The number of urea groups is 1. The lowest BCUT2D eigenvalue weighted by Crippen LogP contribution is -2.46. The Balaban J connectivity index is 1.63. The number of rotatable bonds is 7. The Kier molecular flexibility index (Phi) is 6.45. The van der Waals surface area contributed by atoms with Crippen LogP contribution in [0.3, 0.4) is 0 Å². The molecule has 1 aliphatic heterocycles. The number of anilines is 1. The van der Waals surface area contributed by atoms with Crippen LogP contribution in [0.5, 0.6) is 0 Å². The monoisotopic (exact) mass is 454 g/mol. The van der Waals surface area contributed by atoms with E-state index in [2.05, 4.69) is 15.6 Å². The van der Waals surface area contributed by atoms with Crippen LogP contribution in [0.25, 0.3) is 0 Å². The van der Waals surface area contributed by atoms with Crippen LogP contribution in [0.15, 0.2) is 24.4 Å². The molecule has 4 amide bonds. The molecule has 2 N–H and O–H groups in total. The average molecular weight is 455 g/mol. The Labute approximate surface area is 182 Å². The fourth-order valence-electron chi connectivity index (χ4n) is 3.16. The Bertz CT molecular complexity index is 959. The van der Waals surface area contributed by atoms with Crippen molar-refractivity contribution >= 4 is 57.5 Å². The molecule has 29 heavy (non-hydrogen) atoms. The number of carbonyl (C=O) groups excluding carboxylic acids is 3. The second-order valence-corrected chi connectivity index (χ2v) is 8.66. The normalized spacial score (nSPS) is 15.5. The summed E-state index contributed by atoms with van der Waals surface area (Å²) in [5.74, 6) is -0.865. The number of halogens is 2. The molecular formula is C19H20Cl2N4O3S. The summed E-state index contributed by atoms with van der Waals surface area (Å²) in [5.41, 5.74) is -0.0717. The van der Waals surface area contributed by atoms with Gasteiger partial charge in [-0.25, -0.2) is 9.78 Å². The summed E-state index contributed by atoms with van der Waals surface area (Å²) in [7, 11) is 0. The topological polar surface area (TPSA) is 91.4 Å². The van der Waals surface area contributed by atoms with Crippen LogP contribution in [0, 0.1) is 0 Å². The van der Waals surface area contributed by atoms with Gasteiger partial charge in [0.05, 0.1) is 0 Å². The third-order valence-corrected chi connectivity index (χ3v) is 6.44. The summed E-state index contributed by atoms with van der Waals surface area (Å²) in [6.07, 6.45) is 3.10. The summed E-state index contributed by atoms with van der Waals surface area (Å²) >= 11 is 13.5. The molecule has 0 unspecified atom stereocenters. The number of aromatic nitrogens is 1. The lowest BCUT2D eigenvalue weighted by atomic mass is 9.93. The Morgan fingerprint density at radius 2 is 2.00 bits per heavy atom. The number of nitrogens with one attached hydrogen (secondary N) is 2. The second-order valence-electron chi connectivity index (χ2n) is 6.70. The molecule has 0 spiro atoms. The molecule has 0 aliphatic carbocycles. The van der Waals surface area contributed by atoms with Gasteiger partial charge in [-0.3, -0.25) is 14.5 Å². The lowest BCUT2D eigenvalue weighted by molar-refractivity contribution is -0.134. The van der Waals surface area contributed by atoms with E-state index >= 15 is 0 Å². The van der Waals surface area contributed by atoms with Crippen LogP contribution in [0.2, 0.25) is 10.0 Å². The fourth-order valence-corrected chi connectivity index (χ4v) is 4.40. The number of carbonyl (C=O) groups is 3. The zero-order valence-corrected chi connectivity index (χ0v) is 18.2. The van der Waals surface area contributed by atoms with E-state index in [4.69, 9.17) is 23.2 Å². The quantitative estimate of drug-likeness (QED) is 0.616. The number of hydrogen-bond donors (Lipinski definition) is 2. The van der Waals surface area contributed by atoms with Gasteiger partial charge in [-0.1, -0.05) is 37.0 Å². The van der Waals surface area contributed by atoms with E-state index in [1.54, 1.807) is 24.4 Å². The molecule has 0 bridgehead atoms. The third-order valence-electron chi connectivity index (χ3n) is 4.93. The van der Waals surface area contributed by atoms with Gasteiger partial charge >= 0.3 is 6.03 Å². The Morgan fingerprint density at radius 3 is 2.66 bits per heavy atom. The minimum absolute atomic E-state index is 0.360. The number of amides is 4. The second kappa shape index (κ2) is 8.69. The molecule has 1 aliphatic rings. The van der Waals surface area contributed by atoms with Crippen molar-refractivity contribution in [2.45, 2.75) is 38.6 Å². The van der Waals surface area contributed by atoms with E-state index in [9.17, 15) is 14.4 Å². The molecule has 0 radical (unpaired) electrons. The molecule has 10 heteroatoms. The predicted molar refractivity (Wildman–Crippen MR) is 114 cm³/mol. The minimum atomic E-state index is -0.929. The van der Waals surface area contributed by atoms with E-state index < -0.39 is 17.5 Å². The van der Waals surface area contributed by atoms with E-state index in [-0.39, 0.29) is 12.5 Å². The SMILES string of the molecule is CCC1(CC)NC(=O)N(CC(=O)Nc2ncc(Cc3cc(Cl)ccc3Cl)s2)C1=O. The summed E-state index contributed by atoms with van der Waals surface area (Å²) in [4.78, 5) is 43.1. The molecule has 1 saturated heterocycles. The molecule has 154 valence electrons. The van der Waals surface area contributed by atoms with Crippen LogP contribution in [-0.4, -0.2) is 39.8 Å². The highest BCUT2D eigenvalue weighted by atomic mass is 35.5. The molecule has 7 nitrogen and oxygen atoms in total. The summed E-state index contributed by atoms with van der Waals surface area (Å²) < 4.78 is 0. The van der Waals surface area contributed by atoms with Gasteiger partial charge in [-0.15, -0.1) is 11.3 Å². The van der Waals surface area contributed by atoms with Crippen LogP contribution in [0.4, 0.5) is 9.93 Å². The van der Waals surface area contributed by atoms with Gasteiger partial charge in [-0.05, 0) is 36.6 Å². The van der Waals surface area contributed by atoms with Gasteiger partial charge < -0.3 is 10.6 Å². The van der Waals surface area contributed by atoms with Gasteiger partial charge in [-0.2, -0.15) is 0 Å². The molecule has 2 aromatic rings. The smallest absolute Gasteiger partial charge is 0.323 e. The van der Waals surface area contributed by atoms with E-state index in [0.29, 0.717) is 34.4 Å². The number of thiazole rings is 1. The van der Waals surface area contributed by atoms with Crippen molar-refractivity contribution < 1.29 is 14.4 Å². The molecule has 1 fully saturated rings. The molecule has 1 aromatic carbocycles. The van der Waals surface area contributed by atoms with Crippen LogP contribution in [-0.2, 0) is 16.0 Å². The zero-order valence-electron chi connectivity index (χ0n) is 15.9. The molecule has 0 saturated carbocycles. The minimum Gasteiger partial charge on any atom is -0.323 e. The maximum Gasteiger partial charge on any atom is 0.325 e. The highest BCUT2D eigenvalue weighted by molar-refractivity contribution is 7.15. The third kappa shape index (κ3) is 4.55. The maximum absolute atomic E-state index is 12.6. The molecular weight excluding hydrogens is 435 g/mol. The fraction of sp³-hybridized carbons (Fsp3) is 0.368. The van der Waals surface area contributed by atoms with E-state index in [1.807, 2.05) is 13.8 Å². The summed E-state index contributed by atoms with van der Waals surface area (Å²) in [6.45, 7) is 3.30. The van der Waals surface area contributed by atoms with Crippen molar-refractivity contribution in [2.75, 3.05) is 11.9 Å². The molecule has 0 atom stereocenters. The first-order chi connectivity index (χ1) is 13.8. The van der Waals surface area contributed by atoms with Gasteiger partial charge in [0.1, 0.15) is 12.1 Å². The van der Waals surface area contributed by atoms with Gasteiger partial charge in [0.15, 0.2) is 5.13 Å². The van der Waals surface area contributed by atoms with Crippen molar-refractivity contribution in [3.05, 3.63) is 44.9 Å².